The molecule has 114 valence electrons. The first-order chi connectivity index (χ1) is 9.86. The second kappa shape index (κ2) is 6.03. The van der Waals surface area contributed by atoms with Gasteiger partial charge in [-0.1, -0.05) is 30.2 Å². The molecule has 3 N–H and O–H groups in total. The zero-order valence-corrected chi connectivity index (χ0v) is 12.4. The summed E-state index contributed by atoms with van der Waals surface area (Å²) in [6, 6.07) is 5.75. The number of halogens is 1. The Bertz CT molecular complexity index is 554. The quantitative estimate of drug-likeness (QED) is 0.772. The van der Waals surface area contributed by atoms with Crippen LogP contribution in [0.25, 0.3) is 0 Å². The highest BCUT2D eigenvalue weighted by Crippen LogP contribution is 2.44. The van der Waals surface area contributed by atoms with Gasteiger partial charge in [0.1, 0.15) is 0 Å². The fraction of sp³-hybridized carbons (Fsp3) is 0.467. The summed E-state index contributed by atoms with van der Waals surface area (Å²) in [6.07, 6.45) is 1.02. The Morgan fingerprint density at radius 3 is 2.48 bits per heavy atom. The van der Waals surface area contributed by atoms with Crippen molar-refractivity contribution < 1.29 is 19.8 Å². The van der Waals surface area contributed by atoms with Crippen molar-refractivity contribution in [3.05, 3.63) is 34.9 Å². The van der Waals surface area contributed by atoms with Gasteiger partial charge in [0.2, 0.25) is 5.91 Å². The van der Waals surface area contributed by atoms with Crippen LogP contribution in [0.1, 0.15) is 31.7 Å². The molecule has 1 aromatic rings. The first-order valence-electron chi connectivity index (χ1n) is 6.85. The SMILES string of the molecule is C[C@@H](O)[C@H](NC(=O)C1(c2cccc(Cl)c2)CCC1)C(=O)O. The average Bonchev–Trinajstić information content (AvgIpc) is 2.34. The first kappa shape index (κ1) is 15.8. The van der Waals surface area contributed by atoms with E-state index in [2.05, 4.69) is 5.32 Å². The number of carbonyl (C=O) groups excluding carboxylic acids is 1. The van der Waals surface area contributed by atoms with Gasteiger partial charge < -0.3 is 15.5 Å². The molecule has 1 aliphatic rings. The Labute approximate surface area is 127 Å². The molecule has 0 aromatic heterocycles. The number of benzene rings is 1. The van der Waals surface area contributed by atoms with Gasteiger partial charge in [0.05, 0.1) is 11.5 Å². The van der Waals surface area contributed by atoms with E-state index in [1.54, 1.807) is 18.2 Å². The zero-order chi connectivity index (χ0) is 15.6. The van der Waals surface area contributed by atoms with Crippen LogP contribution in [0.4, 0.5) is 0 Å². The van der Waals surface area contributed by atoms with E-state index in [1.165, 1.54) is 6.92 Å². The predicted octanol–water partition coefficient (Wildman–Crippen LogP) is 1.71. The maximum absolute atomic E-state index is 12.5. The van der Waals surface area contributed by atoms with Gasteiger partial charge in [-0.15, -0.1) is 0 Å². The lowest BCUT2D eigenvalue weighted by Crippen LogP contribution is -2.56. The van der Waals surface area contributed by atoms with Crippen molar-refractivity contribution in [2.75, 3.05) is 0 Å². The number of amides is 1. The lowest BCUT2D eigenvalue weighted by Gasteiger charge is -2.41. The van der Waals surface area contributed by atoms with E-state index in [0.29, 0.717) is 17.9 Å². The van der Waals surface area contributed by atoms with E-state index in [-0.39, 0.29) is 5.91 Å². The van der Waals surface area contributed by atoms with Crippen LogP contribution in [0.5, 0.6) is 0 Å². The van der Waals surface area contributed by atoms with Crippen molar-refractivity contribution in [2.45, 2.75) is 43.7 Å². The normalized spacial score (nSPS) is 19.2. The van der Waals surface area contributed by atoms with Crippen LogP contribution in [-0.4, -0.2) is 34.2 Å². The number of aliphatic carboxylic acids is 1. The number of carboxylic acids is 1. The summed E-state index contributed by atoms with van der Waals surface area (Å²) in [6.45, 7) is 1.34. The second-order valence-corrected chi connectivity index (χ2v) is 5.91. The van der Waals surface area contributed by atoms with Gasteiger partial charge in [0.15, 0.2) is 6.04 Å². The summed E-state index contributed by atoms with van der Waals surface area (Å²) >= 11 is 5.98. The number of aliphatic hydroxyl groups excluding tert-OH is 1. The van der Waals surface area contributed by atoms with Gasteiger partial charge in [0, 0.05) is 5.02 Å². The maximum Gasteiger partial charge on any atom is 0.328 e. The third-order valence-electron chi connectivity index (χ3n) is 4.05. The highest BCUT2D eigenvalue weighted by Gasteiger charge is 2.47. The van der Waals surface area contributed by atoms with E-state index in [0.717, 1.165) is 12.0 Å². The van der Waals surface area contributed by atoms with Crippen molar-refractivity contribution in [2.24, 2.45) is 0 Å². The zero-order valence-electron chi connectivity index (χ0n) is 11.7. The maximum atomic E-state index is 12.5. The minimum atomic E-state index is -1.31. The minimum Gasteiger partial charge on any atom is -0.480 e. The van der Waals surface area contributed by atoms with E-state index in [1.807, 2.05) is 6.07 Å². The number of carbonyl (C=O) groups is 2. The van der Waals surface area contributed by atoms with Crippen LogP contribution in [0.3, 0.4) is 0 Å². The first-order valence-corrected chi connectivity index (χ1v) is 7.22. The minimum absolute atomic E-state index is 0.371. The number of carboxylic acid groups (broad SMARTS) is 1. The molecule has 0 aliphatic heterocycles. The fourth-order valence-corrected chi connectivity index (χ4v) is 2.82. The van der Waals surface area contributed by atoms with Crippen molar-refractivity contribution >= 4 is 23.5 Å². The highest BCUT2D eigenvalue weighted by atomic mass is 35.5. The Balaban J connectivity index is 2.24. The summed E-state index contributed by atoms with van der Waals surface area (Å²) in [5.41, 5.74) is 0.0431. The van der Waals surface area contributed by atoms with E-state index < -0.39 is 23.5 Å². The van der Waals surface area contributed by atoms with Crippen molar-refractivity contribution in [3.8, 4) is 0 Å². The molecule has 0 radical (unpaired) electrons. The third kappa shape index (κ3) is 3.04. The summed E-state index contributed by atoms with van der Waals surface area (Å²) in [5, 5.41) is 21.5. The monoisotopic (exact) mass is 311 g/mol. The molecule has 1 aromatic carbocycles. The summed E-state index contributed by atoms with van der Waals surface area (Å²) in [4.78, 5) is 23.7. The van der Waals surface area contributed by atoms with Crippen LogP contribution in [0.2, 0.25) is 5.02 Å². The Morgan fingerprint density at radius 1 is 1.38 bits per heavy atom. The Hall–Kier alpha value is -1.59. The molecule has 1 aliphatic carbocycles. The molecule has 5 nitrogen and oxygen atoms in total. The molecule has 0 spiro atoms. The lowest BCUT2D eigenvalue weighted by molar-refractivity contribution is -0.146. The number of nitrogens with one attached hydrogen (secondary N) is 1. The van der Waals surface area contributed by atoms with Crippen molar-refractivity contribution in [3.63, 3.8) is 0 Å². The van der Waals surface area contributed by atoms with Crippen LogP contribution in [-0.2, 0) is 15.0 Å². The largest absolute Gasteiger partial charge is 0.480 e. The molecule has 0 bridgehead atoms. The van der Waals surface area contributed by atoms with Crippen LogP contribution < -0.4 is 5.32 Å². The van der Waals surface area contributed by atoms with Gasteiger partial charge in [-0.2, -0.15) is 0 Å². The summed E-state index contributed by atoms with van der Waals surface area (Å²) in [7, 11) is 0. The smallest absolute Gasteiger partial charge is 0.328 e. The van der Waals surface area contributed by atoms with Crippen LogP contribution in [0, 0.1) is 0 Å². The molecule has 1 fully saturated rings. The topological polar surface area (TPSA) is 86.6 Å². The van der Waals surface area contributed by atoms with Crippen LogP contribution >= 0.6 is 11.6 Å². The number of hydrogen-bond acceptors (Lipinski definition) is 3. The number of aliphatic hydroxyl groups is 1. The van der Waals surface area contributed by atoms with E-state index in [4.69, 9.17) is 16.7 Å². The predicted molar refractivity (Wildman–Crippen MR) is 78.2 cm³/mol. The molecule has 0 saturated heterocycles. The van der Waals surface area contributed by atoms with Gasteiger partial charge in [-0.25, -0.2) is 4.79 Å². The molecular weight excluding hydrogens is 294 g/mol. The van der Waals surface area contributed by atoms with Gasteiger partial charge in [0.25, 0.3) is 0 Å². The number of hydrogen-bond donors (Lipinski definition) is 3. The molecule has 2 atom stereocenters. The lowest BCUT2D eigenvalue weighted by atomic mass is 9.63. The fourth-order valence-electron chi connectivity index (χ4n) is 2.63. The Morgan fingerprint density at radius 2 is 2.05 bits per heavy atom. The van der Waals surface area contributed by atoms with Crippen molar-refractivity contribution in [1.29, 1.82) is 0 Å². The molecular formula is C15H18ClNO4. The highest BCUT2D eigenvalue weighted by molar-refractivity contribution is 6.30. The number of rotatable bonds is 5. The summed E-state index contributed by atoms with van der Waals surface area (Å²) in [5.74, 6) is -1.62. The molecule has 1 amide bonds. The molecule has 21 heavy (non-hydrogen) atoms. The Kier molecular flexibility index (Phi) is 4.54. The molecule has 1 saturated carbocycles. The standard InChI is InChI=1S/C15H18ClNO4/c1-9(18)12(13(19)20)17-14(21)15(6-3-7-15)10-4-2-5-11(16)8-10/h2,4-5,8-9,12,18H,3,6-7H2,1H3,(H,17,21)(H,19,20)/t9-,12+/m1/s1. The summed E-state index contributed by atoms with van der Waals surface area (Å²) < 4.78 is 0. The van der Waals surface area contributed by atoms with E-state index >= 15 is 0 Å². The van der Waals surface area contributed by atoms with Crippen LogP contribution in [0.15, 0.2) is 24.3 Å². The molecule has 0 heterocycles. The molecule has 2 rings (SSSR count). The molecule has 6 heteroatoms. The van der Waals surface area contributed by atoms with E-state index in [9.17, 15) is 14.7 Å². The molecule has 0 unspecified atom stereocenters. The second-order valence-electron chi connectivity index (χ2n) is 5.48. The van der Waals surface area contributed by atoms with Gasteiger partial charge in [-0.3, -0.25) is 4.79 Å². The van der Waals surface area contributed by atoms with Gasteiger partial charge in [-0.05, 0) is 37.5 Å². The average molecular weight is 312 g/mol. The third-order valence-corrected chi connectivity index (χ3v) is 4.29. The van der Waals surface area contributed by atoms with Gasteiger partial charge >= 0.3 is 5.97 Å². The van der Waals surface area contributed by atoms with Crippen molar-refractivity contribution in [1.82, 2.24) is 5.32 Å².